The van der Waals surface area contributed by atoms with Gasteiger partial charge in [-0.15, -0.1) is 0 Å². The topological polar surface area (TPSA) is 77.0 Å². The molecule has 0 radical (unpaired) electrons. The van der Waals surface area contributed by atoms with Crippen molar-refractivity contribution in [1.82, 2.24) is 15.6 Å². The van der Waals surface area contributed by atoms with E-state index in [-0.39, 0.29) is 6.10 Å². The Bertz CT molecular complexity index is 504. The molecule has 7 nitrogen and oxygen atoms in total. The summed E-state index contributed by atoms with van der Waals surface area (Å²) in [5.74, 6) is 1.39. The molecule has 2 heterocycles. The molecule has 1 atom stereocenters. The van der Waals surface area contributed by atoms with Crippen LogP contribution in [0.1, 0.15) is 25.5 Å². The molecule has 0 saturated carbocycles. The highest BCUT2D eigenvalue weighted by Gasteiger charge is 2.15. The number of hydrogen-bond acceptors (Lipinski definition) is 5. The van der Waals surface area contributed by atoms with E-state index in [9.17, 15) is 0 Å². The number of pyridine rings is 1. The number of nitrogens with one attached hydrogen (secondary N) is 2. The Morgan fingerprint density at radius 3 is 3.08 bits per heavy atom. The molecule has 0 amide bonds. The van der Waals surface area contributed by atoms with Crippen LogP contribution in [0.15, 0.2) is 23.2 Å². The summed E-state index contributed by atoms with van der Waals surface area (Å²) in [5.41, 5.74) is 0.871. The first-order chi connectivity index (χ1) is 11.8. The minimum absolute atomic E-state index is 0.269. The second-order valence-electron chi connectivity index (χ2n) is 5.50. The number of rotatable bonds is 9. The number of hydrogen-bond donors (Lipinski definition) is 2. The lowest BCUT2D eigenvalue weighted by Gasteiger charge is -2.13. The van der Waals surface area contributed by atoms with E-state index >= 15 is 0 Å². The van der Waals surface area contributed by atoms with E-state index in [1.807, 2.05) is 25.1 Å². The molecule has 1 aliphatic rings. The molecule has 2 N–H and O–H groups in total. The maximum absolute atomic E-state index is 5.75. The quantitative estimate of drug-likeness (QED) is 0.403. The van der Waals surface area contributed by atoms with E-state index in [4.69, 9.17) is 14.2 Å². The summed E-state index contributed by atoms with van der Waals surface area (Å²) in [6.45, 7) is 6.45. The van der Waals surface area contributed by atoms with E-state index in [1.54, 1.807) is 7.11 Å². The fourth-order valence-corrected chi connectivity index (χ4v) is 2.33. The van der Waals surface area contributed by atoms with Crippen molar-refractivity contribution in [3.05, 3.63) is 23.9 Å². The number of ether oxygens (including phenoxy) is 3. The number of guanidine groups is 1. The highest BCUT2D eigenvalue weighted by molar-refractivity contribution is 5.79. The average molecular weight is 336 g/mol. The molecule has 1 aromatic rings. The Morgan fingerprint density at radius 2 is 2.33 bits per heavy atom. The van der Waals surface area contributed by atoms with E-state index in [2.05, 4.69) is 20.6 Å². The lowest BCUT2D eigenvalue weighted by atomic mass is 10.3. The molecule has 1 fully saturated rings. The van der Waals surface area contributed by atoms with Gasteiger partial charge in [-0.1, -0.05) is 6.07 Å². The van der Waals surface area contributed by atoms with Crippen LogP contribution in [0.3, 0.4) is 0 Å². The first-order valence-corrected chi connectivity index (χ1v) is 8.53. The third kappa shape index (κ3) is 6.72. The summed E-state index contributed by atoms with van der Waals surface area (Å²) >= 11 is 0. The Kier molecular flexibility index (Phi) is 8.34. The van der Waals surface area contributed by atoms with E-state index in [0.29, 0.717) is 12.4 Å². The lowest BCUT2D eigenvalue weighted by Crippen LogP contribution is -2.38. The van der Waals surface area contributed by atoms with Crippen molar-refractivity contribution < 1.29 is 14.2 Å². The van der Waals surface area contributed by atoms with Crippen molar-refractivity contribution in [1.29, 1.82) is 0 Å². The summed E-state index contributed by atoms with van der Waals surface area (Å²) in [7, 11) is 1.61. The minimum Gasteiger partial charge on any atom is -0.481 e. The molecular formula is C17H28N4O3. The van der Waals surface area contributed by atoms with Gasteiger partial charge in [0.15, 0.2) is 5.96 Å². The monoisotopic (exact) mass is 336 g/mol. The second kappa shape index (κ2) is 10.8. The van der Waals surface area contributed by atoms with Gasteiger partial charge in [0.25, 0.3) is 0 Å². The van der Waals surface area contributed by atoms with Crippen LogP contribution in [-0.4, -0.2) is 57.1 Å². The fraction of sp³-hybridized carbons (Fsp3) is 0.647. The summed E-state index contributed by atoms with van der Waals surface area (Å²) in [6.07, 6.45) is 2.20. The lowest BCUT2D eigenvalue weighted by molar-refractivity contribution is 0.0420. The second-order valence-corrected chi connectivity index (χ2v) is 5.50. The summed E-state index contributed by atoms with van der Waals surface area (Å²) in [6, 6.07) is 5.68. The predicted octanol–water partition coefficient (Wildman–Crippen LogP) is 1.34. The van der Waals surface area contributed by atoms with Gasteiger partial charge in [-0.05, 0) is 25.8 Å². The van der Waals surface area contributed by atoms with Crippen molar-refractivity contribution in [2.75, 3.05) is 40.0 Å². The zero-order chi connectivity index (χ0) is 17.0. The van der Waals surface area contributed by atoms with Crippen molar-refractivity contribution in [3.63, 3.8) is 0 Å². The van der Waals surface area contributed by atoms with Gasteiger partial charge >= 0.3 is 0 Å². The number of nitrogens with zero attached hydrogens (tertiary/aromatic N) is 2. The fourth-order valence-electron chi connectivity index (χ4n) is 2.33. The third-order valence-corrected chi connectivity index (χ3v) is 3.59. The Balaban J connectivity index is 1.71. The first-order valence-electron chi connectivity index (χ1n) is 8.53. The molecular weight excluding hydrogens is 308 g/mol. The van der Waals surface area contributed by atoms with Crippen molar-refractivity contribution in [2.45, 2.75) is 32.4 Å². The van der Waals surface area contributed by atoms with Gasteiger partial charge in [0.2, 0.25) is 5.88 Å². The minimum atomic E-state index is 0.269. The van der Waals surface area contributed by atoms with Gasteiger partial charge in [-0.25, -0.2) is 9.98 Å². The van der Waals surface area contributed by atoms with Crippen LogP contribution >= 0.6 is 0 Å². The van der Waals surface area contributed by atoms with Crippen LogP contribution in [-0.2, 0) is 16.0 Å². The zero-order valence-corrected chi connectivity index (χ0v) is 14.6. The van der Waals surface area contributed by atoms with Crippen LogP contribution in [0, 0.1) is 0 Å². The van der Waals surface area contributed by atoms with Gasteiger partial charge in [0.05, 0.1) is 32.1 Å². The highest BCUT2D eigenvalue weighted by Crippen LogP contribution is 2.08. The standard InChI is InChI=1S/C17H28N4O3/c1-3-18-17(19-9-5-10-24-15-8-11-23-13-15)20-12-14-6-4-7-16(21-14)22-2/h4,6-7,15H,3,5,8-13H2,1-2H3,(H2,18,19,20). The highest BCUT2D eigenvalue weighted by atomic mass is 16.5. The Hall–Kier alpha value is -1.86. The van der Waals surface area contributed by atoms with Crippen LogP contribution < -0.4 is 15.4 Å². The molecule has 0 aliphatic carbocycles. The van der Waals surface area contributed by atoms with Crippen LogP contribution in [0.5, 0.6) is 5.88 Å². The largest absolute Gasteiger partial charge is 0.481 e. The van der Waals surface area contributed by atoms with E-state index in [0.717, 1.165) is 57.4 Å². The number of aliphatic imine (C=N–C) groups is 1. The van der Waals surface area contributed by atoms with Gasteiger partial charge in [-0.3, -0.25) is 0 Å². The maximum Gasteiger partial charge on any atom is 0.213 e. The predicted molar refractivity (Wildman–Crippen MR) is 93.4 cm³/mol. The molecule has 0 bridgehead atoms. The van der Waals surface area contributed by atoms with Crippen molar-refractivity contribution in [2.24, 2.45) is 4.99 Å². The summed E-state index contributed by atoms with van der Waals surface area (Å²) < 4.78 is 16.2. The molecule has 7 heteroatoms. The maximum atomic E-state index is 5.75. The van der Waals surface area contributed by atoms with Gasteiger partial charge in [-0.2, -0.15) is 0 Å². The Labute approximate surface area is 143 Å². The number of methoxy groups -OCH3 is 1. The van der Waals surface area contributed by atoms with Gasteiger partial charge < -0.3 is 24.8 Å². The Morgan fingerprint density at radius 1 is 1.42 bits per heavy atom. The van der Waals surface area contributed by atoms with Crippen LogP contribution in [0.25, 0.3) is 0 Å². The summed E-state index contributed by atoms with van der Waals surface area (Å²) in [4.78, 5) is 8.91. The van der Waals surface area contributed by atoms with Crippen LogP contribution in [0.4, 0.5) is 0 Å². The number of aromatic nitrogens is 1. The SMILES string of the molecule is CCNC(=NCc1cccc(OC)n1)NCCCOC1CCOC1. The normalized spacial score (nSPS) is 17.8. The molecule has 134 valence electrons. The first kappa shape index (κ1) is 18.5. The zero-order valence-electron chi connectivity index (χ0n) is 14.6. The molecule has 1 saturated heterocycles. The average Bonchev–Trinajstić information content (AvgIpc) is 3.13. The van der Waals surface area contributed by atoms with E-state index in [1.165, 1.54) is 0 Å². The molecule has 24 heavy (non-hydrogen) atoms. The van der Waals surface area contributed by atoms with Gasteiger partial charge in [0, 0.05) is 32.4 Å². The van der Waals surface area contributed by atoms with Crippen molar-refractivity contribution in [3.8, 4) is 5.88 Å². The molecule has 0 spiro atoms. The smallest absolute Gasteiger partial charge is 0.213 e. The molecule has 2 rings (SSSR count). The third-order valence-electron chi connectivity index (χ3n) is 3.59. The van der Waals surface area contributed by atoms with E-state index < -0.39 is 0 Å². The molecule has 1 unspecified atom stereocenters. The molecule has 1 aromatic heterocycles. The molecule has 0 aromatic carbocycles. The van der Waals surface area contributed by atoms with Gasteiger partial charge in [0.1, 0.15) is 0 Å². The van der Waals surface area contributed by atoms with Crippen LogP contribution in [0.2, 0.25) is 0 Å². The summed E-state index contributed by atoms with van der Waals surface area (Å²) in [5, 5.41) is 6.55. The molecule has 1 aliphatic heterocycles. The van der Waals surface area contributed by atoms with Crippen molar-refractivity contribution >= 4 is 5.96 Å².